The van der Waals surface area contributed by atoms with Gasteiger partial charge in [-0.25, -0.2) is 0 Å². The molecule has 2 N–H and O–H groups in total. The first-order valence-corrected chi connectivity index (χ1v) is 5.13. The van der Waals surface area contributed by atoms with Crippen LogP contribution in [0.15, 0.2) is 60.7 Å². The summed E-state index contributed by atoms with van der Waals surface area (Å²) in [7, 11) is 0. The number of aliphatic hydroxyl groups excluding tert-OH is 2. The Balaban J connectivity index is 2.20. The first-order valence-electron chi connectivity index (χ1n) is 5.13. The van der Waals surface area contributed by atoms with Crippen LogP contribution in [0.4, 0.5) is 0 Å². The molecule has 0 saturated heterocycles. The van der Waals surface area contributed by atoms with Gasteiger partial charge in [-0.3, -0.25) is 0 Å². The second-order valence-corrected chi connectivity index (χ2v) is 3.56. The van der Waals surface area contributed by atoms with Crippen LogP contribution in [-0.2, 0) is 0 Å². The summed E-state index contributed by atoms with van der Waals surface area (Å²) in [5.74, 6) is 0. The summed E-state index contributed by atoms with van der Waals surface area (Å²) < 4.78 is 0. The average Bonchev–Trinajstić information content (AvgIpc) is 2.39. The van der Waals surface area contributed by atoms with E-state index in [-0.39, 0.29) is 6.10 Å². The quantitative estimate of drug-likeness (QED) is 0.822. The Kier molecular flexibility index (Phi) is 3.34. The number of hydrogen-bond acceptors (Lipinski definition) is 2. The minimum Gasteiger partial charge on any atom is -0.385 e. The van der Waals surface area contributed by atoms with Gasteiger partial charge in [0.05, 0.1) is 0 Å². The van der Waals surface area contributed by atoms with E-state index in [2.05, 4.69) is 0 Å². The molecule has 0 fully saturated rings. The number of aliphatic hydroxyl groups is 2. The van der Waals surface area contributed by atoms with Gasteiger partial charge >= 0.3 is 0 Å². The molecule has 2 nitrogen and oxygen atoms in total. The zero-order valence-corrected chi connectivity index (χ0v) is 8.75. The molecular formula is C14H13O2. The van der Waals surface area contributed by atoms with E-state index in [1.807, 2.05) is 36.4 Å². The molecule has 2 heteroatoms. The van der Waals surface area contributed by atoms with Crippen LogP contribution in [0.2, 0.25) is 0 Å². The van der Waals surface area contributed by atoms with Crippen LogP contribution in [0.1, 0.15) is 17.2 Å². The number of hydrogen-bond donors (Lipinski definition) is 2. The first-order chi connectivity index (χ1) is 7.79. The molecule has 0 aromatic heterocycles. The monoisotopic (exact) mass is 213 g/mol. The highest BCUT2D eigenvalue weighted by Gasteiger charge is 2.20. The van der Waals surface area contributed by atoms with E-state index < -0.39 is 6.10 Å². The van der Waals surface area contributed by atoms with Crippen molar-refractivity contribution in [2.24, 2.45) is 0 Å². The fourth-order valence-corrected chi connectivity index (χ4v) is 1.56. The Morgan fingerprint density at radius 3 is 1.88 bits per heavy atom. The van der Waals surface area contributed by atoms with Crippen molar-refractivity contribution in [2.45, 2.75) is 6.10 Å². The van der Waals surface area contributed by atoms with Crippen molar-refractivity contribution in [1.82, 2.24) is 0 Å². The standard InChI is InChI=1S/C14H13O2/c15-13(11-7-3-1-4-8-11)14(16)12-9-5-2-6-10-12/h1-10,13,15-16H. The Bertz CT molecular complexity index is 382. The largest absolute Gasteiger partial charge is 0.385 e. The van der Waals surface area contributed by atoms with E-state index in [0.717, 1.165) is 0 Å². The van der Waals surface area contributed by atoms with Crippen molar-refractivity contribution in [2.75, 3.05) is 0 Å². The number of benzene rings is 2. The topological polar surface area (TPSA) is 40.5 Å². The highest BCUT2D eigenvalue weighted by atomic mass is 16.3. The van der Waals surface area contributed by atoms with Crippen molar-refractivity contribution in [3.05, 3.63) is 77.9 Å². The van der Waals surface area contributed by atoms with E-state index in [1.54, 1.807) is 24.3 Å². The molecule has 0 aliphatic heterocycles. The predicted octanol–water partition coefficient (Wildman–Crippen LogP) is 2.67. The van der Waals surface area contributed by atoms with Gasteiger partial charge in [0.1, 0.15) is 6.10 Å². The molecule has 0 spiro atoms. The van der Waals surface area contributed by atoms with Crippen LogP contribution in [0.5, 0.6) is 0 Å². The average molecular weight is 213 g/mol. The van der Waals surface area contributed by atoms with Gasteiger partial charge in [-0.15, -0.1) is 0 Å². The molecule has 0 amide bonds. The predicted molar refractivity (Wildman–Crippen MR) is 62.1 cm³/mol. The Morgan fingerprint density at radius 1 is 0.812 bits per heavy atom. The van der Waals surface area contributed by atoms with Crippen LogP contribution in [-0.4, -0.2) is 10.2 Å². The fourth-order valence-electron chi connectivity index (χ4n) is 1.56. The maximum absolute atomic E-state index is 9.96. The zero-order valence-electron chi connectivity index (χ0n) is 8.75. The van der Waals surface area contributed by atoms with Gasteiger partial charge < -0.3 is 10.2 Å². The highest BCUT2D eigenvalue weighted by Crippen LogP contribution is 2.27. The summed E-state index contributed by atoms with van der Waals surface area (Å²) in [5.41, 5.74) is 1.32. The maximum atomic E-state index is 9.96. The second kappa shape index (κ2) is 4.92. The zero-order chi connectivity index (χ0) is 11.4. The lowest BCUT2D eigenvalue weighted by atomic mass is 9.99. The van der Waals surface area contributed by atoms with Gasteiger partial charge in [-0.2, -0.15) is 0 Å². The Morgan fingerprint density at radius 2 is 1.31 bits per heavy atom. The minimum atomic E-state index is -0.969. The smallest absolute Gasteiger partial charge is 0.155 e. The van der Waals surface area contributed by atoms with Gasteiger partial charge in [-0.05, 0) is 11.1 Å². The highest BCUT2D eigenvalue weighted by molar-refractivity contribution is 5.33. The van der Waals surface area contributed by atoms with Crippen molar-refractivity contribution in [1.29, 1.82) is 0 Å². The third kappa shape index (κ3) is 2.30. The summed E-state index contributed by atoms with van der Waals surface area (Å²) in [6.07, 6.45) is -0.990. The van der Waals surface area contributed by atoms with Crippen molar-refractivity contribution in [3.8, 4) is 0 Å². The van der Waals surface area contributed by atoms with Gasteiger partial charge in [0.15, 0.2) is 6.10 Å². The van der Waals surface area contributed by atoms with Gasteiger partial charge in [0.2, 0.25) is 0 Å². The number of rotatable bonds is 3. The van der Waals surface area contributed by atoms with Gasteiger partial charge in [0, 0.05) is 0 Å². The van der Waals surface area contributed by atoms with Crippen molar-refractivity contribution < 1.29 is 10.2 Å². The molecule has 1 atom stereocenters. The van der Waals surface area contributed by atoms with Crippen LogP contribution in [0, 0.1) is 6.10 Å². The fraction of sp³-hybridized carbons (Fsp3) is 0.0714. The normalized spacial score (nSPS) is 12.7. The van der Waals surface area contributed by atoms with Crippen molar-refractivity contribution >= 4 is 0 Å². The molecule has 1 radical (unpaired) electrons. The van der Waals surface area contributed by atoms with E-state index in [9.17, 15) is 10.2 Å². The van der Waals surface area contributed by atoms with Gasteiger partial charge in [-0.1, -0.05) is 60.7 Å². The molecular weight excluding hydrogens is 200 g/mol. The third-order valence-electron chi connectivity index (χ3n) is 2.44. The van der Waals surface area contributed by atoms with Gasteiger partial charge in [0.25, 0.3) is 0 Å². The third-order valence-corrected chi connectivity index (χ3v) is 2.44. The van der Waals surface area contributed by atoms with E-state index in [0.29, 0.717) is 11.1 Å². The SMILES string of the molecule is O[C](c1ccccc1)C(O)c1ccccc1. The van der Waals surface area contributed by atoms with Crippen LogP contribution in [0.3, 0.4) is 0 Å². The Hall–Kier alpha value is -1.64. The van der Waals surface area contributed by atoms with Crippen LogP contribution >= 0.6 is 0 Å². The van der Waals surface area contributed by atoms with E-state index in [4.69, 9.17) is 0 Å². The van der Waals surface area contributed by atoms with Crippen molar-refractivity contribution in [3.63, 3.8) is 0 Å². The summed E-state index contributed by atoms with van der Waals surface area (Å²) in [6.45, 7) is 0. The molecule has 0 saturated carbocycles. The summed E-state index contributed by atoms with van der Waals surface area (Å²) in [5, 5.41) is 19.9. The summed E-state index contributed by atoms with van der Waals surface area (Å²) >= 11 is 0. The lowest BCUT2D eigenvalue weighted by Crippen LogP contribution is -2.10. The van der Waals surface area contributed by atoms with Crippen LogP contribution < -0.4 is 0 Å². The molecule has 2 rings (SSSR count). The summed E-state index contributed by atoms with van der Waals surface area (Å²) in [6, 6.07) is 18.1. The van der Waals surface area contributed by atoms with Crippen LogP contribution in [0.25, 0.3) is 0 Å². The molecule has 0 heterocycles. The van der Waals surface area contributed by atoms with E-state index >= 15 is 0 Å². The summed E-state index contributed by atoms with van der Waals surface area (Å²) in [4.78, 5) is 0. The first kappa shape index (κ1) is 10.9. The molecule has 16 heavy (non-hydrogen) atoms. The molecule has 2 aromatic rings. The molecule has 0 aliphatic rings. The molecule has 81 valence electrons. The lowest BCUT2D eigenvalue weighted by molar-refractivity contribution is 0.114. The minimum absolute atomic E-state index is 0.0215. The molecule has 2 aromatic carbocycles. The molecule has 1 unspecified atom stereocenters. The van der Waals surface area contributed by atoms with E-state index in [1.165, 1.54) is 0 Å². The second-order valence-electron chi connectivity index (χ2n) is 3.56. The molecule has 0 aliphatic carbocycles. The molecule has 0 bridgehead atoms. The maximum Gasteiger partial charge on any atom is 0.155 e. The Labute approximate surface area is 94.8 Å². The lowest BCUT2D eigenvalue weighted by Gasteiger charge is -2.17.